The Morgan fingerprint density at radius 1 is 1.27 bits per heavy atom. The summed E-state index contributed by atoms with van der Waals surface area (Å²) in [5, 5.41) is 3.93. The van der Waals surface area contributed by atoms with Gasteiger partial charge in [-0.05, 0) is 31.4 Å². The molecule has 142 valence electrons. The number of hydrogen-bond donors (Lipinski definition) is 0. The fraction of sp³-hybridized carbons (Fsp3) is 0.550. The summed E-state index contributed by atoms with van der Waals surface area (Å²) in [6.45, 7) is 7.36. The molecule has 2 aromatic rings. The van der Waals surface area contributed by atoms with E-state index in [1.165, 1.54) is 0 Å². The Balaban J connectivity index is 1.62. The third-order valence-electron chi connectivity index (χ3n) is 4.20. The van der Waals surface area contributed by atoms with Crippen LogP contribution in [0.2, 0.25) is 0 Å². The van der Waals surface area contributed by atoms with Gasteiger partial charge in [0.25, 0.3) is 0 Å². The summed E-state index contributed by atoms with van der Waals surface area (Å²) in [4.78, 5) is 18.3. The van der Waals surface area contributed by atoms with Crippen molar-refractivity contribution in [1.29, 1.82) is 0 Å². The predicted molar refractivity (Wildman–Crippen MR) is 100 cm³/mol. The average molecular weight is 359 g/mol. The summed E-state index contributed by atoms with van der Waals surface area (Å²) < 4.78 is 11.0. The van der Waals surface area contributed by atoms with Gasteiger partial charge in [0.2, 0.25) is 11.8 Å². The maximum absolute atomic E-state index is 12.2. The van der Waals surface area contributed by atoms with Crippen molar-refractivity contribution in [2.45, 2.75) is 52.4 Å². The zero-order valence-corrected chi connectivity index (χ0v) is 16.2. The second kappa shape index (κ2) is 9.94. The monoisotopic (exact) mass is 359 g/mol. The van der Waals surface area contributed by atoms with Gasteiger partial charge in [-0.3, -0.25) is 4.79 Å². The molecule has 26 heavy (non-hydrogen) atoms. The van der Waals surface area contributed by atoms with Gasteiger partial charge in [0.05, 0.1) is 6.61 Å². The van der Waals surface area contributed by atoms with Gasteiger partial charge in [-0.25, -0.2) is 0 Å². The van der Waals surface area contributed by atoms with Crippen molar-refractivity contribution >= 4 is 5.91 Å². The quantitative estimate of drug-likeness (QED) is 0.604. The Bertz CT molecular complexity index is 697. The number of carbonyl (C=O) groups excluding carboxylic acids is 1. The summed E-state index contributed by atoms with van der Waals surface area (Å²) >= 11 is 0. The van der Waals surface area contributed by atoms with Crippen molar-refractivity contribution in [3.8, 4) is 5.75 Å². The minimum Gasteiger partial charge on any atom is -0.493 e. The van der Waals surface area contributed by atoms with Crippen LogP contribution in [-0.4, -0.2) is 41.1 Å². The molecule has 2 rings (SSSR count). The van der Waals surface area contributed by atoms with Gasteiger partial charge in [0, 0.05) is 32.4 Å². The minimum atomic E-state index is 0.129. The van der Waals surface area contributed by atoms with Gasteiger partial charge in [0.1, 0.15) is 5.75 Å². The fourth-order valence-corrected chi connectivity index (χ4v) is 2.51. The molecule has 0 spiro atoms. The molecule has 0 aliphatic heterocycles. The SMILES string of the molecule is Cc1ccccc1OCCCN(C)C(=O)CCCc1nc(C(C)C)no1. The lowest BCUT2D eigenvalue weighted by Crippen LogP contribution is -2.28. The van der Waals surface area contributed by atoms with Crippen LogP contribution >= 0.6 is 0 Å². The third kappa shape index (κ3) is 6.17. The van der Waals surface area contributed by atoms with Crippen molar-refractivity contribution in [1.82, 2.24) is 15.0 Å². The molecule has 0 saturated carbocycles. The lowest BCUT2D eigenvalue weighted by Gasteiger charge is -2.17. The van der Waals surface area contributed by atoms with Crippen molar-refractivity contribution < 1.29 is 14.1 Å². The van der Waals surface area contributed by atoms with Gasteiger partial charge in [-0.2, -0.15) is 4.98 Å². The number of amides is 1. The number of nitrogens with zero attached hydrogens (tertiary/aromatic N) is 3. The molecule has 1 heterocycles. The maximum atomic E-state index is 12.2. The molecule has 0 aliphatic rings. The first kappa shape index (κ1) is 19.9. The lowest BCUT2D eigenvalue weighted by atomic mass is 10.2. The smallest absolute Gasteiger partial charge is 0.226 e. The first-order valence-corrected chi connectivity index (χ1v) is 9.22. The molecule has 0 fully saturated rings. The fourth-order valence-electron chi connectivity index (χ4n) is 2.51. The van der Waals surface area contributed by atoms with Gasteiger partial charge in [-0.15, -0.1) is 0 Å². The summed E-state index contributed by atoms with van der Waals surface area (Å²) in [6, 6.07) is 7.95. The molecule has 0 saturated heterocycles. The number of aromatic nitrogens is 2. The molecule has 0 N–H and O–H groups in total. The van der Waals surface area contributed by atoms with E-state index in [0.29, 0.717) is 38.3 Å². The molecule has 6 nitrogen and oxygen atoms in total. The number of aryl methyl sites for hydroxylation is 2. The van der Waals surface area contributed by atoms with Crippen molar-refractivity contribution in [2.24, 2.45) is 0 Å². The van der Waals surface area contributed by atoms with Crippen molar-refractivity contribution in [2.75, 3.05) is 20.2 Å². The van der Waals surface area contributed by atoms with Crippen LogP contribution in [0, 0.1) is 6.92 Å². The molecule has 1 aromatic heterocycles. The average Bonchev–Trinajstić information content (AvgIpc) is 3.09. The third-order valence-corrected chi connectivity index (χ3v) is 4.20. The Kier molecular flexibility index (Phi) is 7.63. The molecule has 6 heteroatoms. The Hall–Kier alpha value is -2.37. The molecule has 0 bridgehead atoms. The largest absolute Gasteiger partial charge is 0.493 e. The minimum absolute atomic E-state index is 0.129. The van der Waals surface area contributed by atoms with Crippen LogP contribution in [0.25, 0.3) is 0 Å². The highest BCUT2D eigenvalue weighted by atomic mass is 16.5. The van der Waals surface area contributed by atoms with Crippen LogP contribution in [0.4, 0.5) is 0 Å². The molecule has 1 aromatic carbocycles. The van der Waals surface area contributed by atoms with Gasteiger partial charge in [0.15, 0.2) is 5.82 Å². The molecule has 0 aliphatic carbocycles. The Labute approximate surface area is 155 Å². The van der Waals surface area contributed by atoms with E-state index >= 15 is 0 Å². The van der Waals surface area contributed by atoms with Gasteiger partial charge >= 0.3 is 0 Å². The number of hydrogen-bond acceptors (Lipinski definition) is 5. The van der Waals surface area contributed by atoms with E-state index in [2.05, 4.69) is 10.1 Å². The van der Waals surface area contributed by atoms with Crippen LogP contribution < -0.4 is 4.74 Å². The Morgan fingerprint density at radius 3 is 2.73 bits per heavy atom. The normalized spacial score (nSPS) is 11.0. The van der Waals surface area contributed by atoms with E-state index in [0.717, 1.165) is 23.6 Å². The van der Waals surface area contributed by atoms with E-state index in [1.54, 1.807) is 4.90 Å². The zero-order chi connectivity index (χ0) is 18.9. The summed E-state index contributed by atoms with van der Waals surface area (Å²) in [7, 11) is 1.83. The van der Waals surface area contributed by atoms with Gasteiger partial charge in [-0.1, -0.05) is 37.2 Å². The van der Waals surface area contributed by atoms with E-state index in [1.807, 2.05) is 52.1 Å². The highest BCUT2D eigenvalue weighted by Crippen LogP contribution is 2.16. The van der Waals surface area contributed by atoms with E-state index in [-0.39, 0.29) is 11.8 Å². The first-order chi connectivity index (χ1) is 12.5. The van der Waals surface area contributed by atoms with Crippen molar-refractivity contribution in [3.05, 3.63) is 41.5 Å². The number of rotatable bonds is 10. The lowest BCUT2D eigenvalue weighted by molar-refractivity contribution is -0.130. The van der Waals surface area contributed by atoms with E-state index in [9.17, 15) is 4.79 Å². The van der Waals surface area contributed by atoms with E-state index < -0.39 is 0 Å². The van der Waals surface area contributed by atoms with Crippen molar-refractivity contribution in [3.63, 3.8) is 0 Å². The number of para-hydroxylation sites is 1. The summed E-state index contributed by atoms with van der Waals surface area (Å²) in [5.41, 5.74) is 1.12. The first-order valence-electron chi connectivity index (χ1n) is 9.22. The number of carbonyl (C=O) groups is 1. The summed E-state index contributed by atoms with van der Waals surface area (Å²) in [6.07, 6.45) is 2.63. The van der Waals surface area contributed by atoms with Gasteiger partial charge < -0.3 is 14.2 Å². The predicted octanol–water partition coefficient (Wildman–Crippen LogP) is 3.75. The van der Waals surface area contributed by atoms with Crippen LogP contribution in [0.15, 0.2) is 28.8 Å². The highest BCUT2D eigenvalue weighted by Gasteiger charge is 2.12. The second-order valence-corrected chi connectivity index (χ2v) is 6.84. The molecular formula is C20H29N3O3. The molecule has 1 amide bonds. The topological polar surface area (TPSA) is 68.5 Å². The number of ether oxygens (including phenoxy) is 1. The van der Waals surface area contributed by atoms with Crippen LogP contribution in [0.3, 0.4) is 0 Å². The second-order valence-electron chi connectivity index (χ2n) is 6.84. The number of benzene rings is 1. The van der Waals surface area contributed by atoms with Crippen LogP contribution in [0.5, 0.6) is 5.75 Å². The Morgan fingerprint density at radius 2 is 2.04 bits per heavy atom. The highest BCUT2D eigenvalue weighted by molar-refractivity contribution is 5.75. The molecule has 0 atom stereocenters. The zero-order valence-electron chi connectivity index (χ0n) is 16.2. The van der Waals surface area contributed by atoms with Crippen LogP contribution in [-0.2, 0) is 11.2 Å². The molecular weight excluding hydrogens is 330 g/mol. The molecule has 0 unspecified atom stereocenters. The molecule has 0 radical (unpaired) electrons. The standard InChI is InChI=1S/C20H29N3O3/c1-15(2)20-21-18(26-22-20)11-7-12-19(24)23(4)13-8-14-25-17-10-6-5-9-16(17)3/h5-6,9-10,15H,7-8,11-14H2,1-4H3. The summed E-state index contributed by atoms with van der Waals surface area (Å²) in [5.74, 6) is 2.61. The van der Waals surface area contributed by atoms with E-state index in [4.69, 9.17) is 9.26 Å². The maximum Gasteiger partial charge on any atom is 0.226 e. The van der Waals surface area contributed by atoms with Crippen LogP contribution in [0.1, 0.15) is 56.3 Å².